The second-order valence-corrected chi connectivity index (χ2v) is 6.45. The lowest BCUT2D eigenvalue weighted by Gasteiger charge is -1.98. The van der Waals surface area contributed by atoms with Crippen LogP contribution in [0.5, 0.6) is 0 Å². The summed E-state index contributed by atoms with van der Waals surface area (Å²) in [6.07, 6.45) is 6.47. The van der Waals surface area contributed by atoms with Gasteiger partial charge in [0, 0.05) is 12.1 Å². The third-order valence-corrected chi connectivity index (χ3v) is 4.15. The summed E-state index contributed by atoms with van der Waals surface area (Å²) in [4.78, 5) is 9.68. The summed E-state index contributed by atoms with van der Waals surface area (Å²) in [5.41, 5.74) is 0.997. The lowest BCUT2D eigenvalue weighted by atomic mass is 10.1. The fraction of sp³-hybridized carbons (Fsp3) is 0. The fourth-order valence-corrected chi connectivity index (χ4v) is 2.62. The average Bonchev–Trinajstić information content (AvgIpc) is 2.52. The van der Waals surface area contributed by atoms with Crippen molar-refractivity contribution in [2.45, 2.75) is 4.90 Å². The van der Waals surface area contributed by atoms with Crippen LogP contribution in [-0.2, 0) is 10.2 Å². The van der Waals surface area contributed by atoms with Crippen molar-refractivity contribution in [3.05, 3.63) is 80.9 Å². The minimum absolute atomic E-state index is 0.100. The van der Waals surface area contributed by atoms with Gasteiger partial charge in [0.2, 0.25) is 0 Å². The molecule has 2 rings (SSSR count). The SMILES string of the molecule is O=[N+]([O-])c1ccc(/C=C/C=C/c2cccc(S(=O)(=O)F)c2)c(Cl)c1. The van der Waals surface area contributed by atoms with Gasteiger partial charge in [0.25, 0.3) is 5.69 Å². The maximum absolute atomic E-state index is 12.9. The molecule has 0 saturated heterocycles. The predicted molar refractivity (Wildman–Crippen MR) is 90.9 cm³/mol. The van der Waals surface area contributed by atoms with Gasteiger partial charge in [0.15, 0.2) is 0 Å². The number of allylic oxidation sites excluding steroid dienone is 2. The molecule has 24 heavy (non-hydrogen) atoms. The number of non-ortho nitro benzene ring substituents is 1. The van der Waals surface area contributed by atoms with E-state index in [9.17, 15) is 22.4 Å². The Hall–Kier alpha value is -2.51. The standard InChI is InChI=1S/C16H11ClFNO4S/c17-16-11-14(19(20)21)9-8-13(16)6-2-1-4-12-5-3-7-15(10-12)24(18,22)23/h1-11H/b4-1+,6-2+. The van der Waals surface area contributed by atoms with Gasteiger partial charge < -0.3 is 0 Å². The van der Waals surface area contributed by atoms with Crippen LogP contribution in [0, 0.1) is 10.1 Å². The van der Waals surface area contributed by atoms with Gasteiger partial charge in [0.05, 0.1) is 14.8 Å². The van der Waals surface area contributed by atoms with Crippen molar-refractivity contribution < 1.29 is 17.2 Å². The number of halogens is 2. The van der Waals surface area contributed by atoms with Crippen LogP contribution in [0.15, 0.2) is 59.5 Å². The van der Waals surface area contributed by atoms with E-state index in [4.69, 9.17) is 11.6 Å². The first-order valence-corrected chi connectivity index (χ1v) is 8.37. The van der Waals surface area contributed by atoms with E-state index in [1.54, 1.807) is 30.4 Å². The molecule has 2 aromatic rings. The molecule has 0 atom stereocenters. The van der Waals surface area contributed by atoms with Crippen LogP contribution < -0.4 is 0 Å². The van der Waals surface area contributed by atoms with Crippen molar-refractivity contribution >= 4 is 39.7 Å². The van der Waals surface area contributed by atoms with Gasteiger partial charge in [0.1, 0.15) is 0 Å². The zero-order valence-corrected chi connectivity index (χ0v) is 13.7. The quantitative estimate of drug-likeness (QED) is 0.334. The van der Waals surface area contributed by atoms with E-state index < -0.39 is 20.0 Å². The van der Waals surface area contributed by atoms with Crippen LogP contribution in [0.4, 0.5) is 9.57 Å². The van der Waals surface area contributed by atoms with Crippen LogP contribution in [0.1, 0.15) is 11.1 Å². The molecule has 0 spiro atoms. The summed E-state index contributed by atoms with van der Waals surface area (Å²) in [7, 11) is -4.74. The molecule has 0 radical (unpaired) electrons. The Balaban J connectivity index is 2.14. The number of nitro groups is 1. The Kier molecular flexibility index (Phi) is 5.48. The zero-order valence-electron chi connectivity index (χ0n) is 12.1. The van der Waals surface area contributed by atoms with E-state index in [1.165, 1.54) is 36.4 Å². The van der Waals surface area contributed by atoms with Gasteiger partial charge in [-0.1, -0.05) is 48.0 Å². The lowest BCUT2D eigenvalue weighted by Crippen LogP contribution is -1.91. The predicted octanol–water partition coefficient (Wildman–Crippen LogP) is 4.63. The first-order valence-electron chi connectivity index (χ1n) is 6.61. The third-order valence-electron chi connectivity index (χ3n) is 3.01. The molecule has 0 aliphatic heterocycles. The molecule has 0 amide bonds. The molecule has 0 saturated carbocycles. The number of nitro benzene ring substituents is 1. The molecule has 2 aromatic carbocycles. The molecule has 0 heterocycles. The fourth-order valence-electron chi connectivity index (χ4n) is 1.86. The first-order chi connectivity index (χ1) is 11.3. The van der Waals surface area contributed by atoms with E-state index in [-0.39, 0.29) is 10.7 Å². The van der Waals surface area contributed by atoms with E-state index >= 15 is 0 Å². The van der Waals surface area contributed by atoms with Crippen LogP contribution in [-0.4, -0.2) is 13.3 Å². The molecule has 0 aromatic heterocycles. The van der Waals surface area contributed by atoms with Gasteiger partial charge in [-0.05, 0) is 29.3 Å². The minimum atomic E-state index is -4.74. The summed E-state index contributed by atoms with van der Waals surface area (Å²) in [6, 6.07) is 9.53. The molecule has 0 bridgehead atoms. The highest BCUT2D eigenvalue weighted by molar-refractivity contribution is 7.86. The monoisotopic (exact) mass is 367 g/mol. The second-order valence-electron chi connectivity index (χ2n) is 4.69. The smallest absolute Gasteiger partial charge is 0.258 e. The number of nitrogens with zero attached hydrogens (tertiary/aromatic N) is 1. The summed E-state index contributed by atoms with van der Waals surface area (Å²) >= 11 is 5.95. The van der Waals surface area contributed by atoms with Gasteiger partial charge in [-0.3, -0.25) is 10.1 Å². The van der Waals surface area contributed by atoms with Crippen LogP contribution in [0.25, 0.3) is 12.2 Å². The van der Waals surface area contributed by atoms with E-state index in [1.807, 2.05) is 0 Å². The number of benzene rings is 2. The van der Waals surface area contributed by atoms with Crippen LogP contribution in [0.2, 0.25) is 5.02 Å². The Morgan fingerprint density at radius 1 is 1.08 bits per heavy atom. The van der Waals surface area contributed by atoms with Gasteiger partial charge >= 0.3 is 10.2 Å². The summed E-state index contributed by atoms with van der Waals surface area (Å²) in [5, 5.41) is 10.9. The summed E-state index contributed by atoms with van der Waals surface area (Å²) < 4.78 is 34.6. The Morgan fingerprint density at radius 2 is 1.79 bits per heavy atom. The molecular formula is C16H11ClFNO4S. The molecule has 8 heteroatoms. The van der Waals surface area contributed by atoms with Crippen molar-refractivity contribution in [3.63, 3.8) is 0 Å². The highest BCUT2D eigenvalue weighted by Crippen LogP contribution is 2.23. The molecule has 124 valence electrons. The van der Waals surface area contributed by atoms with Crippen molar-refractivity contribution in [3.8, 4) is 0 Å². The van der Waals surface area contributed by atoms with Crippen molar-refractivity contribution in [2.24, 2.45) is 0 Å². The molecule has 0 unspecified atom stereocenters. The highest BCUT2D eigenvalue weighted by Gasteiger charge is 2.10. The van der Waals surface area contributed by atoms with Gasteiger partial charge in [-0.2, -0.15) is 8.42 Å². The Labute approximate surface area is 143 Å². The lowest BCUT2D eigenvalue weighted by molar-refractivity contribution is -0.384. The first kappa shape index (κ1) is 17.8. The molecule has 0 fully saturated rings. The van der Waals surface area contributed by atoms with Crippen LogP contribution in [0.3, 0.4) is 0 Å². The third kappa shape index (κ3) is 4.74. The van der Waals surface area contributed by atoms with Gasteiger partial charge in [-0.15, -0.1) is 3.89 Å². The normalized spacial score (nSPS) is 12.1. The van der Waals surface area contributed by atoms with Crippen molar-refractivity contribution in [2.75, 3.05) is 0 Å². The maximum atomic E-state index is 12.9. The molecule has 0 N–H and O–H groups in total. The van der Waals surface area contributed by atoms with E-state index in [2.05, 4.69) is 0 Å². The number of rotatable bonds is 5. The number of hydrogen-bond donors (Lipinski definition) is 0. The van der Waals surface area contributed by atoms with E-state index in [0.29, 0.717) is 11.1 Å². The molecule has 0 aliphatic carbocycles. The average molecular weight is 368 g/mol. The zero-order chi connectivity index (χ0) is 17.7. The topological polar surface area (TPSA) is 77.3 Å². The Morgan fingerprint density at radius 3 is 2.42 bits per heavy atom. The summed E-state index contributed by atoms with van der Waals surface area (Å²) in [6.45, 7) is 0. The molecule has 0 aliphatic rings. The highest BCUT2D eigenvalue weighted by atomic mass is 35.5. The molecule has 5 nitrogen and oxygen atoms in total. The Bertz CT molecular complexity index is 939. The second kappa shape index (κ2) is 7.37. The maximum Gasteiger partial charge on any atom is 0.332 e. The van der Waals surface area contributed by atoms with Crippen molar-refractivity contribution in [1.82, 2.24) is 0 Å². The number of hydrogen-bond acceptors (Lipinski definition) is 4. The van der Waals surface area contributed by atoms with Gasteiger partial charge in [-0.25, -0.2) is 0 Å². The van der Waals surface area contributed by atoms with Crippen LogP contribution >= 0.6 is 11.6 Å². The summed E-state index contributed by atoms with van der Waals surface area (Å²) in [5.74, 6) is 0. The van der Waals surface area contributed by atoms with Crippen molar-refractivity contribution in [1.29, 1.82) is 0 Å². The molecular weight excluding hydrogens is 357 g/mol. The van der Waals surface area contributed by atoms with E-state index in [0.717, 1.165) is 0 Å². The largest absolute Gasteiger partial charge is 0.332 e. The minimum Gasteiger partial charge on any atom is -0.258 e.